The van der Waals surface area contributed by atoms with E-state index in [1.54, 1.807) is 16.9 Å². The minimum absolute atomic E-state index is 0.489. The van der Waals surface area contributed by atoms with E-state index in [2.05, 4.69) is 25.4 Å². The van der Waals surface area contributed by atoms with E-state index in [1.807, 2.05) is 26.0 Å². The lowest BCUT2D eigenvalue weighted by molar-refractivity contribution is 0.846. The molecular formula is C14H15ClN6. The number of hydrogen-bond donors (Lipinski definition) is 1. The van der Waals surface area contributed by atoms with E-state index in [4.69, 9.17) is 11.6 Å². The molecule has 3 aromatic heterocycles. The molecule has 0 atom stereocenters. The number of anilines is 1. The Kier molecular flexibility index (Phi) is 3.70. The van der Waals surface area contributed by atoms with Crippen LogP contribution in [0.3, 0.4) is 0 Å². The van der Waals surface area contributed by atoms with Gasteiger partial charge in [-0.2, -0.15) is 5.10 Å². The first-order valence-electron chi connectivity index (χ1n) is 6.73. The van der Waals surface area contributed by atoms with Gasteiger partial charge in [-0.15, -0.1) is 0 Å². The summed E-state index contributed by atoms with van der Waals surface area (Å²) in [6.07, 6.45) is 4.24. The normalized spacial score (nSPS) is 11.0. The van der Waals surface area contributed by atoms with Crippen LogP contribution in [-0.4, -0.2) is 24.6 Å². The standard InChI is InChI=1S/C14H15ClN6/c1-3-11-19-13(15)9(2)14(20-11)17-8-10-4-6-16-12-5-7-18-21(10)12/h4-7H,3,8H2,1-2H3,(H,17,19,20). The highest BCUT2D eigenvalue weighted by molar-refractivity contribution is 6.30. The molecule has 0 aromatic carbocycles. The largest absolute Gasteiger partial charge is 0.364 e. The Balaban J connectivity index is 1.88. The van der Waals surface area contributed by atoms with Crippen LogP contribution in [0.2, 0.25) is 5.15 Å². The van der Waals surface area contributed by atoms with Crippen molar-refractivity contribution in [3.8, 4) is 0 Å². The average Bonchev–Trinajstić information content (AvgIpc) is 2.97. The zero-order valence-electron chi connectivity index (χ0n) is 11.8. The second kappa shape index (κ2) is 5.65. The van der Waals surface area contributed by atoms with E-state index in [0.29, 0.717) is 11.7 Å². The smallest absolute Gasteiger partial charge is 0.155 e. The van der Waals surface area contributed by atoms with Crippen molar-refractivity contribution in [1.29, 1.82) is 0 Å². The summed E-state index contributed by atoms with van der Waals surface area (Å²) >= 11 is 6.14. The summed E-state index contributed by atoms with van der Waals surface area (Å²) in [5.41, 5.74) is 2.66. The third-order valence-corrected chi connectivity index (χ3v) is 3.62. The predicted molar refractivity (Wildman–Crippen MR) is 81.5 cm³/mol. The Labute approximate surface area is 127 Å². The van der Waals surface area contributed by atoms with Crippen LogP contribution in [0.5, 0.6) is 0 Å². The van der Waals surface area contributed by atoms with E-state index in [-0.39, 0.29) is 0 Å². The molecule has 3 aromatic rings. The van der Waals surface area contributed by atoms with Crippen molar-refractivity contribution >= 4 is 23.1 Å². The molecule has 0 spiro atoms. The molecule has 6 nitrogen and oxygen atoms in total. The first-order valence-corrected chi connectivity index (χ1v) is 7.11. The lowest BCUT2D eigenvalue weighted by Gasteiger charge is -2.11. The van der Waals surface area contributed by atoms with Gasteiger partial charge in [0.2, 0.25) is 0 Å². The minimum Gasteiger partial charge on any atom is -0.364 e. The summed E-state index contributed by atoms with van der Waals surface area (Å²) in [5.74, 6) is 1.48. The molecule has 0 aliphatic heterocycles. The maximum absolute atomic E-state index is 6.14. The summed E-state index contributed by atoms with van der Waals surface area (Å²) in [7, 11) is 0. The van der Waals surface area contributed by atoms with Gasteiger partial charge in [-0.05, 0) is 13.0 Å². The van der Waals surface area contributed by atoms with Crippen molar-refractivity contribution < 1.29 is 0 Å². The highest BCUT2D eigenvalue weighted by Gasteiger charge is 2.09. The molecule has 0 saturated heterocycles. The molecule has 0 amide bonds. The molecule has 0 aliphatic carbocycles. The molecule has 7 heteroatoms. The SMILES string of the molecule is CCc1nc(Cl)c(C)c(NCc2ccnc3ccnn23)n1. The molecule has 0 aliphatic rings. The van der Waals surface area contributed by atoms with Gasteiger partial charge < -0.3 is 5.32 Å². The molecule has 0 saturated carbocycles. The molecular weight excluding hydrogens is 288 g/mol. The van der Waals surface area contributed by atoms with Crippen LogP contribution in [0.25, 0.3) is 5.65 Å². The number of nitrogens with one attached hydrogen (secondary N) is 1. The van der Waals surface area contributed by atoms with Gasteiger partial charge in [0.25, 0.3) is 0 Å². The Morgan fingerprint density at radius 1 is 1.24 bits per heavy atom. The van der Waals surface area contributed by atoms with Crippen molar-refractivity contribution in [1.82, 2.24) is 24.6 Å². The van der Waals surface area contributed by atoms with Gasteiger partial charge in [-0.25, -0.2) is 19.5 Å². The van der Waals surface area contributed by atoms with Gasteiger partial charge in [0.1, 0.15) is 16.8 Å². The van der Waals surface area contributed by atoms with E-state index in [1.165, 1.54) is 0 Å². The van der Waals surface area contributed by atoms with Crippen LogP contribution in [0.1, 0.15) is 24.0 Å². The summed E-state index contributed by atoms with van der Waals surface area (Å²) in [6.45, 7) is 4.49. The molecule has 1 N–H and O–H groups in total. The van der Waals surface area contributed by atoms with Crippen LogP contribution in [0.15, 0.2) is 24.5 Å². The number of halogens is 1. The fraction of sp³-hybridized carbons (Fsp3) is 0.286. The third kappa shape index (κ3) is 2.67. The van der Waals surface area contributed by atoms with Gasteiger partial charge in [0.05, 0.1) is 18.4 Å². The van der Waals surface area contributed by atoms with E-state index in [0.717, 1.165) is 35.0 Å². The summed E-state index contributed by atoms with van der Waals surface area (Å²) < 4.78 is 1.80. The second-order valence-electron chi connectivity index (χ2n) is 4.65. The first-order chi connectivity index (χ1) is 10.2. The fourth-order valence-electron chi connectivity index (χ4n) is 2.06. The Morgan fingerprint density at radius 2 is 2.10 bits per heavy atom. The lowest BCUT2D eigenvalue weighted by Crippen LogP contribution is -2.10. The number of fused-ring (bicyclic) bond motifs is 1. The lowest BCUT2D eigenvalue weighted by atomic mass is 10.3. The third-order valence-electron chi connectivity index (χ3n) is 3.25. The molecule has 3 heterocycles. The van der Waals surface area contributed by atoms with Crippen molar-refractivity contribution in [3.63, 3.8) is 0 Å². The Hall–Kier alpha value is -2.21. The predicted octanol–water partition coefficient (Wildman–Crippen LogP) is 2.66. The monoisotopic (exact) mass is 302 g/mol. The maximum Gasteiger partial charge on any atom is 0.155 e. The number of aromatic nitrogens is 5. The van der Waals surface area contributed by atoms with Crippen molar-refractivity contribution in [2.45, 2.75) is 26.8 Å². The van der Waals surface area contributed by atoms with Gasteiger partial charge in [-0.1, -0.05) is 18.5 Å². The first kappa shape index (κ1) is 13.8. The second-order valence-corrected chi connectivity index (χ2v) is 5.01. The fourth-order valence-corrected chi connectivity index (χ4v) is 2.24. The van der Waals surface area contributed by atoms with E-state index < -0.39 is 0 Å². The van der Waals surface area contributed by atoms with Gasteiger partial charge >= 0.3 is 0 Å². The van der Waals surface area contributed by atoms with Crippen molar-refractivity contribution in [2.24, 2.45) is 0 Å². The van der Waals surface area contributed by atoms with Gasteiger partial charge in [0, 0.05) is 24.2 Å². The van der Waals surface area contributed by atoms with Gasteiger partial charge in [0.15, 0.2) is 5.65 Å². The zero-order valence-corrected chi connectivity index (χ0v) is 12.6. The van der Waals surface area contributed by atoms with Crippen LogP contribution in [0.4, 0.5) is 5.82 Å². The van der Waals surface area contributed by atoms with Crippen LogP contribution < -0.4 is 5.32 Å². The minimum atomic E-state index is 0.489. The number of hydrogen-bond acceptors (Lipinski definition) is 5. The summed E-state index contributed by atoms with van der Waals surface area (Å²) in [6, 6.07) is 3.79. The number of rotatable bonds is 4. The Bertz CT molecular complexity index is 782. The van der Waals surface area contributed by atoms with E-state index in [9.17, 15) is 0 Å². The molecule has 21 heavy (non-hydrogen) atoms. The average molecular weight is 303 g/mol. The Morgan fingerprint density at radius 3 is 2.90 bits per heavy atom. The highest BCUT2D eigenvalue weighted by atomic mass is 35.5. The number of nitrogens with zero attached hydrogens (tertiary/aromatic N) is 5. The molecule has 0 fully saturated rings. The van der Waals surface area contributed by atoms with Crippen LogP contribution in [-0.2, 0) is 13.0 Å². The molecule has 0 bridgehead atoms. The van der Waals surface area contributed by atoms with Crippen molar-refractivity contribution in [2.75, 3.05) is 5.32 Å². The molecule has 0 radical (unpaired) electrons. The van der Waals surface area contributed by atoms with Crippen LogP contribution >= 0.6 is 11.6 Å². The zero-order chi connectivity index (χ0) is 14.8. The topological polar surface area (TPSA) is 68.0 Å². The molecule has 0 unspecified atom stereocenters. The van der Waals surface area contributed by atoms with E-state index >= 15 is 0 Å². The summed E-state index contributed by atoms with van der Waals surface area (Å²) in [4.78, 5) is 13.0. The quantitative estimate of drug-likeness (QED) is 0.750. The van der Waals surface area contributed by atoms with Crippen molar-refractivity contribution in [3.05, 3.63) is 46.8 Å². The summed E-state index contributed by atoms with van der Waals surface area (Å²) in [5, 5.41) is 8.05. The molecule has 108 valence electrons. The molecule has 3 rings (SSSR count). The number of aryl methyl sites for hydroxylation is 1. The van der Waals surface area contributed by atoms with Crippen LogP contribution in [0, 0.1) is 6.92 Å². The highest BCUT2D eigenvalue weighted by Crippen LogP contribution is 2.20. The maximum atomic E-state index is 6.14. The van der Waals surface area contributed by atoms with Gasteiger partial charge in [-0.3, -0.25) is 0 Å².